The molecule has 4 aliphatic carbocycles. The van der Waals surface area contributed by atoms with Crippen LogP contribution in [0.25, 0.3) is 0 Å². The Morgan fingerprint density at radius 3 is 2.64 bits per heavy atom. The normalized spacial score (nSPS) is 55.7. The number of carbonyl (C=O) groups excluding carboxylic acids is 2. The van der Waals surface area contributed by atoms with Gasteiger partial charge in [-0.15, -0.1) is 0 Å². The van der Waals surface area contributed by atoms with E-state index in [-0.39, 0.29) is 28.8 Å². The first-order chi connectivity index (χ1) is 10.4. The summed E-state index contributed by atoms with van der Waals surface area (Å²) in [5.74, 6) is 2.39. The molecule has 1 heterocycles. The summed E-state index contributed by atoms with van der Waals surface area (Å²) < 4.78 is 6.09. The molecule has 4 fully saturated rings. The molecule has 7 atom stereocenters. The molecular formula is C19H24O3. The summed E-state index contributed by atoms with van der Waals surface area (Å²) in [7, 11) is 0. The molecule has 0 bridgehead atoms. The lowest BCUT2D eigenvalue weighted by atomic mass is 9.47. The van der Waals surface area contributed by atoms with Gasteiger partial charge in [-0.05, 0) is 60.5 Å². The van der Waals surface area contributed by atoms with Crippen LogP contribution < -0.4 is 0 Å². The molecule has 0 amide bonds. The van der Waals surface area contributed by atoms with E-state index in [1.54, 1.807) is 0 Å². The Bertz CT molecular complexity index is 620. The third-order valence-corrected chi connectivity index (χ3v) is 7.94. The zero-order chi connectivity index (χ0) is 15.3. The predicted octanol–water partition coefficient (Wildman–Crippen LogP) is 3.07. The zero-order valence-corrected chi connectivity index (χ0v) is 13.4. The number of carbonyl (C=O) groups is 2. The van der Waals surface area contributed by atoms with Crippen molar-refractivity contribution in [1.82, 2.24) is 0 Å². The minimum absolute atomic E-state index is 0.0975. The molecule has 0 aromatic rings. The quantitative estimate of drug-likeness (QED) is 0.646. The number of hydrogen-bond donors (Lipinski definition) is 0. The highest BCUT2D eigenvalue weighted by Gasteiger charge is 2.68. The van der Waals surface area contributed by atoms with Gasteiger partial charge >= 0.3 is 0 Å². The lowest BCUT2D eigenvalue weighted by molar-refractivity contribution is -0.132. The van der Waals surface area contributed by atoms with Crippen molar-refractivity contribution >= 4 is 11.6 Å². The van der Waals surface area contributed by atoms with Gasteiger partial charge in [-0.2, -0.15) is 0 Å². The lowest BCUT2D eigenvalue weighted by Gasteiger charge is -2.55. The van der Waals surface area contributed by atoms with Crippen LogP contribution in [0.2, 0.25) is 0 Å². The number of fused-ring (bicyclic) bond motifs is 8. The maximum absolute atomic E-state index is 12.4. The molecule has 0 radical (unpaired) electrons. The molecule has 3 nitrogen and oxygen atoms in total. The summed E-state index contributed by atoms with van der Waals surface area (Å²) in [5, 5.41) is 0. The molecule has 0 N–H and O–H groups in total. The highest BCUT2D eigenvalue weighted by molar-refractivity contribution is 5.92. The Hall–Kier alpha value is -0.960. The fourth-order valence-corrected chi connectivity index (χ4v) is 6.58. The maximum atomic E-state index is 12.4. The van der Waals surface area contributed by atoms with Gasteiger partial charge in [-0.25, -0.2) is 0 Å². The molecule has 0 unspecified atom stereocenters. The van der Waals surface area contributed by atoms with Gasteiger partial charge in [0.05, 0.1) is 6.10 Å². The second-order valence-electron chi connectivity index (χ2n) is 8.71. The smallest absolute Gasteiger partial charge is 0.155 e. The Balaban J connectivity index is 1.59. The van der Waals surface area contributed by atoms with E-state index in [1.807, 2.05) is 6.08 Å². The number of ether oxygens (including phenoxy) is 1. The largest absolute Gasteiger partial charge is 0.365 e. The van der Waals surface area contributed by atoms with Crippen LogP contribution in [0, 0.1) is 28.6 Å². The van der Waals surface area contributed by atoms with Gasteiger partial charge in [0.1, 0.15) is 11.9 Å². The maximum Gasteiger partial charge on any atom is 0.155 e. The van der Waals surface area contributed by atoms with Crippen LogP contribution in [-0.4, -0.2) is 23.8 Å². The zero-order valence-electron chi connectivity index (χ0n) is 13.4. The van der Waals surface area contributed by atoms with Crippen LogP contribution in [0.4, 0.5) is 0 Å². The molecule has 1 aliphatic heterocycles. The van der Waals surface area contributed by atoms with Crippen LogP contribution >= 0.6 is 0 Å². The number of ketones is 2. The SMILES string of the molecule is C[C@@]12CC[C@@H]3[C@H]([C@H]4O[C@H]4C4=CC(=O)CC[C@]43C)[C@H]1CCC2=O. The Morgan fingerprint density at radius 1 is 1.05 bits per heavy atom. The molecule has 22 heavy (non-hydrogen) atoms. The highest BCUT2D eigenvalue weighted by atomic mass is 16.6. The van der Waals surface area contributed by atoms with Gasteiger partial charge in [-0.1, -0.05) is 13.8 Å². The predicted molar refractivity (Wildman–Crippen MR) is 81.1 cm³/mol. The van der Waals surface area contributed by atoms with E-state index >= 15 is 0 Å². The van der Waals surface area contributed by atoms with Crippen LogP contribution in [0.5, 0.6) is 0 Å². The van der Waals surface area contributed by atoms with E-state index in [4.69, 9.17) is 4.74 Å². The molecule has 3 saturated carbocycles. The highest BCUT2D eigenvalue weighted by Crippen LogP contribution is 2.68. The Labute approximate surface area is 131 Å². The molecule has 3 heteroatoms. The molecule has 5 rings (SSSR count). The fraction of sp³-hybridized carbons (Fsp3) is 0.789. The van der Waals surface area contributed by atoms with Crippen LogP contribution in [0.1, 0.15) is 52.4 Å². The van der Waals surface area contributed by atoms with Crippen molar-refractivity contribution in [3.05, 3.63) is 11.6 Å². The third kappa shape index (κ3) is 1.42. The first-order valence-corrected chi connectivity index (χ1v) is 8.89. The molecule has 0 aromatic heterocycles. The Morgan fingerprint density at radius 2 is 1.82 bits per heavy atom. The van der Waals surface area contributed by atoms with E-state index < -0.39 is 0 Å². The van der Waals surface area contributed by atoms with E-state index in [0.717, 1.165) is 32.1 Å². The van der Waals surface area contributed by atoms with Gasteiger partial charge in [-0.3, -0.25) is 9.59 Å². The van der Waals surface area contributed by atoms with Gasteiger partial charge in [0.2, 0.25) is 0 Å². The fourth-order valence-electron chi connectivity index (χ4n) is 6.58. The first kappa shape index (κ1) is 13.5. The van der Waals surface area contributed by atoms with Crippen molar-refractivity contribution in [2.75, 3.05) is 0 Å². The molecule has 0 spiro atoms. The van der Waals surface area contributed by atoms with Crippen molar-refractivity contribution in [2.45, 2.75) is 64.6 Å². The average molecular weight is 300 g/mol. The number of hydrogen-bond acceptors (Lipinski definition) is 3. The standard InChI is InChI=1S/C19H24O3/c1-18-7-5-10(20)9-13(18)16-17(22-16)15-11-3-4-14(21)19(11,2)8-6-12(15)18/h9,11-12,15-17H,3-8H2,1-2H3/t11-,12-,15-,16+,17-,18+,19-/m1/s1. The minimum Gasteiger partial charge on any atom is -0.365 e. The van der Waals surface area contributed by atoms with Crippen molar-refractivity contribution in [3.8, 4) is 0 Å². The molecule has 1 saturated heterocycles. The molecular weight excluding hydrogens is 276 g/mol. The first-order valence-electron chi connectivity index (χ1n) is 8.89. The average Bonchev–Trinajstić information content (AvgIpc) is 3.22. The van der Waals surface area contributed by atoms with Gasteiger partial charge in [0.15, 0.2) is 5.78 Å². The van der Waals surface area contributed by atoms with Gasteiger partial charge in [0.25, 0.3) is 0 Å². The van der Waals surface area contributed by atoms with Crippen molar-refractivity contribution in [3.63, 3.8) is 0 Å². The summed E-state index contributed by atoms with van der Waals surface area (Å²) in [6.07, 6.45) is 7.99. The topological polar surface area (TPSA) is 46.7 Å². The Kier molecular flexibility index (Phi) is 2.40. The monoisotopic (exact) mass is 300 g/mol. The van der Waals surface area contributed by atoms with Gasteiger partial charge in [0, 0.05) is 18.3 Å². The summed E-state index contributed by atoms with van der Waals surface area (Å²) in [6.45, 7) is 4.57. The summed E-state index contributed by atoms with van der Waals surface area (Å²) in [4.78, 5) is 24.3. The molecule has 0 aromatic carbocycles. The van der Waals surface area contributed by atoms with Gasteiger partial charge < -0.3 is 4.74 Å². The third-order valence-electron chi connectivity index (χ3n) is 7.94. The molecule has 5 aliphatic rings. The van der Waals surface area contributed by atoms with Crippen molar-refractivity contribution in [2.24, 2.45) is 28.6 Å². The summed E-state index contributed by atoms with van der Waals surface area (Å²) >= 11 is 0. The number of rotatable bonds is 0. The van der Waals surface area contributed by atoms with Crippen molar-refractivity contribution in [1.29, 1.82) is 0 Å². The van der Waals surface area contributed by atoms with E-state index in [1.165, 1.54) is 5.57 Å². The van der Waals surface area contributed by atoms with E-state index in [9.17, 15) is 9.59 Å². The number of epoxide rings is 1. The van der Waals surface area contributed by atoms with Crippen LogP contribution in [-0.2, 0) is 14.3 Å². The number of Topliss-reactive ketones (excluding diaryl/α,β-unsaturated/α-hetero) is 1. The van der Waals surface area contributed by atoms with E-state index in [2.05, 4.69) is 13.8 Å². The lowest BCUT2D eigenvalue weighted by Crippen LogP contribution is -2.53. The minimum atomic E-state index is -0.0975. The van der Waals surface area contributed by atoms with E-state index in [0.29, 0.717) is 30.0 Å². The summed E-state index contributed by atoms with van der Waals surface area (Å²) in [6, 6.07) is 0. The van der Waals surface area contributed by atoms with Crippen molar-refractivity contribution < 1.29 is 14.3 Å². The van der Waals surface area contributed by atoms with Crippen LogP contribution in [0.3, 0.4) is 0 Å². The second-order valence-corrected chi connectivity index (χ2v) is 8.71. The second kappa shape index (κ2) is 3.92. The molecule has 118 valence electrons. The van der Waals surface area contributed by atoms with Crippen LogP contribution in [0.15, 0.2) is 11.6 Å². The summed E-state index contributed by atoms with van der Waals surface area (Å²) in [5.41, 5.74) is 1.31.